The summed E-state index contributed by atoms with van der Waals surface area (Å²) >= 11 is 0. The molecule has 0 radical (unpaired) electrons. The van der Waals surface area contributed by atoms with Gasteiger partial charge in [0.05, 0.1) is 0 Å². The molecule has 1 nitrogen and oxygen atoms in total. The van der Waals surface area contributed by atoms with E-state index < -0.39 is 0 Å². The second-order valence-electron chi connectivity index (χ2n) is 4.78. The Labute approximate surface area is 69.6 Å². The van der Waals surface area contributed by atoms with Crippen molar-refractivity contribution in [3.8, 4) is 0 Å². The summed E-state index contributed by atoms with van der Waals surface area (Å²) in [5.74, 6) is 2.85. The van der Waals surface area contributed by atoms with Gasteiger partial charge >= 0.3 is 0 Å². The highest BCUT2D eigenvalue weighted by atomic mass is 15.1. The molecule has 2 atom stereocenters. The lowest BCUT2D eigenvalue weighted by atomic mass is 9.64. The van der Waals surface area contributed by atoms with Crippen molar-refractivity contribution in [1.82, 2.24) is 5.32 Å². The van der Waals surface area contributed by atoms with Crippen LogP contribution in [-0.2, 0) is 0 Å². The van der Waals surface area contributed by atoms with Crippen LogP contribution >= 0.6 is 0 Å². The number of fused-ring (bicyclic) bond motifs is 2. The van der Waals surface area contributed by atoms with E-state index in [4.69, 9.17) is 0 Å². The molecule has 3 rings (SSSR count). The van der Waals surface area contributed by atoms with E-state index in [2.05, 4.69) is 26.1 Å². The minimum absolute atomic E-state index is 0.865. The van der Waals surface area contributed by atoms with Crippen molar-refractivity contribution in [3.05, 3.63) is 0 Å². The fourth-order valence-corrected chi connectivity index (χ4v) is 3.00. The molecule has 1 aliphatic carbocycles. The molecule has 2 heterocycles. The average Bonchev–Trinajstić information content (AvgIpc) is 1.84. The average molecular weight is 153 g/mol. The van der Waals surface area contributed by atoms with Crippen molar-refractivity contribution in [2.75, 3.05) is 0 Å². The Kier molecular flexibility index (Phi) is 1.71. The number of hydrogen-bond donors (Lipinski definition) is 1. The first-order valence-corrected chi connectivity index (χ1v) is 4.94. The maximum atomic E-state index is 3.64. The Morgan fingerprint density at radius 1 is 1.18 bits per heavy atom. The van der Waals surface area contributed by atoms with Gasteiger partial charge in [-0.15, -0.1) is 0 Å². The Balaban J connectivity index is 1.98. The summed E-state index contributed by atoms with van der Waals surface area (Å²) in [5, 5.41) is 3.64. The van der Waals surface area contributed by atoms with Crippen LogP contribution in [0.2, 0.25) is 0 Å². The lowest BCUT2D eigenvalue weighted by molar-refractivity contribution is 0.0194. The van der Waals surface area contributed by atoms with Gasteiger partial charge in [-0.3, -0.25) is 0 Å². The standard InChI is InChI=1S/C10H19N/c1-6(2)10-8-4-7(3)5-9(10)11-8/h6-11H,4-5H2,1-3H3. The predicted octanol–water partition coefficient (Wildman–Crippen LogP) is 2.03. The summed E-state index contributed by atoms with van der Waals surface area (Å²) < 4.78 is 0. The molecule has 2 saturated heterocycles. The highest BCUT2D eigenvalue weighted by Gasteiger charge is 2.46. The molecule has 0 aromatic carbocycles. The van der Waals surface area contributed by atoms with E-state index in [1.165, 1.54) is 12.8 Å². The van der Waals surface area contributed by atoms with Crippen molar-refractivity contribution < 1.29 is 0 Å². The predicted molar refractivity (Wildman–Crippen MR) is 47.4 cm³/mol. The van der Waals surface area contributed by atoms with Crippen LogP contribution in [0, 0.1) is 17.8 Å². The summed E-state index contributed by atoms with van der Waals surface area (Å²) in [7, 11) is 0. The van der Waals surface area contributed by atoms with Crippen molar-refractivity contribution >= 4 is 0 Å². The summed E-state index contributed by atoms with van der Waals surface area (Å²) in [5.41, 5.74) is 0. The highest BCUT2D eigenvalue weighted by Crippen LogP contribution is 2.41. The van der Waals surface area contributed by atoms with Gasteiger partial charge < -0.3 is 5.32 Å². The van der Waals surface area contributed by atoms with E-state index in [0.29, 0.717) is 0 Å². The molecule has 0 amide bonds. The maximum absolute atomic E-state index is 3.64. The van der Waals surface area contributed by atoms with Gasteiger partial charge in [0.1, 0.15) is 0 Å². The zero-order valence-electron chi connectivity index (χ0n) is 7.80. The summed E-state index contributed by atoms with van der Waals surface area (Å²) in [6, 6.07) is 1.73. The van der Waals surface area contributed by atoms with Gasteiger partial charge in [-0.25, -0.2) is 0 Å². The van der Waals surface area contributed by atoms with E-state index in [1.807, 2.05) is 0 Å². The Morgan fingerprint density at radius 2 is 1.73 bits per heavy atom. The van der Waals surface area contributed by atoms with Gasteiger partial charge in [-0.05, 0) is 30.6 Å². The van der Waals surface area contributed by atoms with Crippen molar-refractivity contribution in [2.24, 2.45) is 17.8 Å². The molecule has 1 N–H and O–H groups in total. The Bertz CT molecular complexity index is 141. The normalized spacial score (nSPS) is 49.1. The molecule has 2 unspecified atom stereocenters. The van der Waals surface area contributed by atoms with E-state index in [-0.39, 0.29) is 0 Å². The number of hydrogen-bond acceptors (Lipinski definition) is 1. The van der Waals surface area contributed by atoms with Crippen molar-refractivity contribution in [2.45, 2.75) is 45.7 Å². The Hall–Kier alpha value is -0.0400. The van der Waals surface area contributed by atoms with E-state index >= 15 is 0 Å². The van der Waals surface area contributed by atoms with Crippen LogP contribution in [0.25, 0.3) is 0 Å². The topological polar surface area (TPSA) is 12.0 Å². The quantitative estimate of drug-likeness (QED) is 0.608. The van der Waals surface area contributed by atoms with Gasteiger partial charge in [0.2, 0.25) is 0 Å². The molecule has 2 aliphatic heterocycles. The SMILES string of the molecule is CC1CC2NC(C1)C2C(C)C. The van der Waals surface area contributed by atoms with E-state index in [1.54, 1.807) is 0 Å². The third kappa shape index (κ3) is 1.10. The zero-order valence-corrected chi connectivity index (χ0v) is 7.80. The van der Waals surface area contributed by atoms with E-state index in [9.17, 15) is 0 Å². The molecule has 1 heteroatoms. The van der Waals surface area contributed by atoms with Crippen LogP contribution in [0.3, 0.4) is 0 Å². The Morgan fingerprint density at radius 3 is 2.18 bits per heavy atom. The molecule has 11 heavy (non-hydrogen) atoms. The molecule has 0 aromatic rings. The molecule has 1 saturated carbocycles. The number of nitrogens with one attached hydrogen (secondary N) is 1. The second kappa shape index (κ2) is 2.48. The number of rotatable bonds is 1. The van der Waals surface area contributed by atoms with Gasteiger partial charge in [-0.1, -0.05) is 20.8 Å². The van der Waals surface area contributed by atoms with Crippen LogP contribution < -0.4 is 5.32 Å². The van der Waals surface area contributed by atoms with Gasteiger partial charge in [0.25, 0.3) is 0 Å². The smallest absolute Gasteiger partial charge is 0.0118 e. The molecule has 0 aromatic heterocycles. The van der Waals surface area contributed by atoms with Crippen LogP contribution in [0.5, 0.6) is 0 Å². The molecular formula is C10H19N. The first-order chi connectivity index (χ1) is 5.18. The molecule has 0 spiro atoms. The minimum Gasteiger partial charge on any atom is -0.311 e. The second-order valence-corrected chi connectivity index (χ2v) is 4.78. The van der Waals surface area contributed by atoms with Crippen molar-refractivity contribution in [1.29, 1.82) is 0 Å². The fourth-order valence-electron chi connectivity index (χ4n) is 3.00. The number of piperidine rings is 1. The molecule has 2 bridgehead atoms. The molecule has 3 aliphatic rings. The van der Waals surface area contributed by atoms with Crippen LogP contribution in [-0.4, -0.2) is 12.1 Å². The summed E-state index contributed by atoms with van der Waals surface area (Å²) in [6.45, 7) is 7.11. The first kappa shape index (κ1) is 7.60. The van der Waals surface area contributed by atoms with Crippen molar-refractivity contribution in [3.63, 3.8) is 0 Å². The lowest BCUT2D eigenvalue weighted by Gasteiger charge is -2.55. The van der Waals surface area contributed by atoms with Gasteiger partial charge in [-0.2, -0.15) is 0 Å². The van der Waals surface area contributed by atoms with Gasteiger partial charge in [0, 0.05) is 12.1 Å². The monoisotopic (exact) mass is 153 g/mol. The minimum atomic E-state index is 0.865. The zero-order chi connectivity index (χ0) is 8.01. The maximum Gasteiger partial charge on any atom is 0.0118 e. The van der Waals surface area contributed by atoms with E-state index in [0.717, 1.165) is 29.8 Å². The van der Waals surface area contributed by atoms with Gasteiger partial charge in [0.15, 0.2) is 0 Å². The third-order valence-corrected chi connectivity index (χ3v) is 3.44. The fraction of sp³-hybridized carbons (Fsp3) is 1.00. The molecular weight excluding hydrogens is 134 g/mol. The van der Waals surface area contributed by atoms with Crippen LogP contribution in [0.15, 0.2) is 0 Å². The largest absolute Gasteiger partial charge is 0.311 e. The summed E-state index contributed by atoms with van der Waals surface area (Å²) in [6.07, 6.45) is 2.83. The first-order valence-electron chi connectivity index (χ1n) is 4.94. The molecule has 3 fully saturated rings. The summed E-state index contributed by atoms with van der Waals surface area (Å²) in [4.78, 5) is 0. The molecule has 64 valence electrons. The highest BCUT2D eigenvalue weighted by molar-refractivity contribution is 5.03. The third-order valence-electron chi connectivity index (χ3n) is 3.44. The van der Waals surface area contributed by atoms with Crippen LogP contribution in [0.4, 0.5) is 0 Å². The van der Waals surface area contributed by atoms with Crippen LogP contribution in [0.1, 0.15) is 33.6 Å². The lowest BCUT2D eigenvalue weighted by Crippen LogP contribution is -2.67.